The molecule has 0 aliphatic carbocycles. The van der Waals surface area contributed by atoms with Gasteiger partial charge in [0, 0.05) is 6.42 Å². The molecule has 20 heavy (non-hydrogen) atoms. The van der Waals surface area contributed by atoms with Crippen molar-refractivity contribution in [2.45, 2.75) is 12.8 Å². The molecule has 2 N–H and O–H groups in total. The van der Waals surface area contributed by atoms with E-state index >= 15 is 0 Å². The van der Waals surface area contributed by atoms with Gasteiger partial charge in [-0.3, -0.25) is 10.1 Å². The summed E-state index contributed by atoms with van der Waals surface area (Å²) >= 11 is 0. The molecule has 1 heterocycles. The Kier molecular flexibility index (Phi) is 3.99. The molecule has 106 valence electrons. The fourth-order valence-corrected chi connectivity index (χ4v) is 1.59. The van der Waals surface area contributed by atoms with Crippen LogP contribution >= 0.6 is 0 Å². The van der Waals surface area contributed by atoms with E-state index in [1.165, 1.54) is 0 Å². The average molecular weight is 284 g/mol. The van der Waals surface area contributed by atoms with Crippen LogP contribution in [0.15, 0.2) is 16.7 Å². The van der Waals surface area contributed by atoms with Crippen molar-refractivity contribution in [2.24, 2.45) is 5.73 Å². The van der Waals surface area contributed by atoms with E-state index in [9.17, 15) is 18.9 Å². The molecule has 0 saturated heterocycles. The maximum absolute atomic E-state index is 13.9. The van der Waals surface area contributed by atoms with Crippen LogP contribution in [-0.4, -0.2) is 21.6 Å². The second-order valence-corrected chi connectivity index (χ2v) is 3.95. The van der Waals surface area contributed by atoms with Gasteiger partial charge in [-0.15, -0.1) is 0 Å². The van der Waals surface area contributed by atoms with Crippen molar-refractivity contribution in [1.82, 2.24) is 10.1 Å². The van der Waals surface area contributed by atoms with Gasteiger partial charge in [0.1, 0.15) is 5.82 Å². The number of aryl methyl sites for hydroxylation is 1. The first kappa shape index (κ1) is 14.0. The van der Waals surface area contributed by atoms with E-state index in [0.717, 1.165) is 6.07 Å². The number of halogens is 2. The fourth-order valence-electron chi connectivity index (χ4n) is 1.59. The van der Waals surface area contributed by atoms with Crippen molar-refractivity contribution >= 4 is 5.69 Å². The molecule has 0 unspecified atom stereocenters. The predicted molar refractivity (Wildman–Crippen MR) is 63.7 cm³/mol. The maximum Gasteiger partial charge on any atom is 0.308 e. The topological polar surface area (TPSA) is 108 Å². The Morgan fingerprint density at radius 3 is 2.80 bits per heavy atom. The Hall–Kier alpha value is -2.42. The van der Waals surface area contributed by atoms with E-state index in [1.54, 1.807) is 0 Å². The zero-order valence-electron chi connectivity index (χ0n) is 10.2. The summed E-state index contributed by atoms with van der Waals surface area (Å²) in [5.74, 6) is -2.21. The Balaban J connectivity index is 2.42. The lowest BCUT2D eigenvalue weighted by Gasteiger charge is -1.99. The number of hydrogen-bond donors (Lipinski definition) is 1. The molecular weight excluding hydrogens is 274 g/mol. The van der Waals surface area contributed by atoms with Crippen molar-refractivity contribution in [3.05, 3.63) is 39.7 Å². The highest BCUT2D eigenvalue weighted by atomic mass is 19.1. The smallest absolute Gasteiger partial charge is 0.308 e. The van der Waals surface area contributed by atoms with Gasteiger partial charge in [0.2, 0.25) is 5.82 Å². The van der Waals surface area contributed by atoms with Gasteiger partial charge < -0.3 is 10.3 Å². The van der Waals surface area contributed by atoms with Crippen LogP contribution in [0.2, 0.25) is 0 Å². The first-order valence-corrected chi connectivity index (χ1v) is 5.69. The summed E-state index contributed by atoms with van der Waals surface area (Å²) in [6.07, 6.45) is 1.02. The lowest BCUT2D eigenvalue weighted by molar-refractivity contribution is -0.387. The first-order chi connectivity index (χ1) is 9.52. The fraction of sp³-hybridized carbons (Fsp3) is 0.273. The second-order valence-electron chi connectivity index (χ2n) is 3.95. The average Bonchev–Trinajstić information content (AvgIpc) is 2.87. The summed E-state index contributed by atoms with van der Waals surface area (Å²) in [6, 6.07) is 1.26. The number of nitrogens with two attached hydrogens (primary N) is 1. The normalized spacial score (nSPS) is 10.8. The first-order valence-electron chi connectivity index (χ1n) is 5.69. The number of nitro groups is 1. The standard InChI is InChI=1S/C11H10F2N4O3/c12-6-4-7(10(13)8(5-6)17(18)19)11-15-9(16-20-11)2-1-3-14/h4-5H,1-3,14H2. The molecule has 0 saturated carbocycles. The largest absolute Gasteiger partial charge is 0.334 e. The summed E-state index contributed by atoms with van der Waals surface area (Å²) in [5.41, 5.74) is 3.89. The van der Waals surface area contributed by atoms with Crippen molar-refractivity contribution in [1.29, 1.82) is 0 Å². The van der Waals surface area contributed by atoms with Crippen LogP contribution in [-0.2, 0) is 6.42 Å². The lowest BCUT2D eigenvalue weighted by Crippen LogP contribution is -2.01. The van der Waals surface area contributed by atoms with Gasteiger partial charge in [-0.25, -0.2) is 4.39 Å². The molecule has 7 nitrogen and oxygen atoms in total. The molecule has 0 aliphatic rings. The van der Waals surface area contributed by atoms with Gasteiger partial charge in [0.15, 0.2) is 5.82 Å². The molecule has 0 fully saturated rings. The monoisotopic (exact) mass is 284 g/mol. The highest BCUT2D eigenvalue weighted by Gasteiger charge is 2.24. The number of nitro benzene ring substituents is 1. The molecule has 0 atom stereocenters. The number of hydrogen-bond acceptors (Lipinski definition) is 6. The Morgan fingerprint density at radius 1 is 1.40 bits per heavy atom. The third-order valence-corrected chi connectivity index (χ3v) is 2.52. The highest BCUT2D eigenvalue weighted by molar-refractivity contribution is 5.59. The molecule has 0 amide bonds. The third-order valence-electron chi connectivity index (χ3n) is 2.52. The quantitative estimate of drug-likeness (QED) is 0.662. The second kappa shape index (κ2) is 5.70. The van der Waals surface area contributed by atoms with Crippen molar-refractivity contribution in [3.63, 3.8) is 0 Å². The van der Waals surface area contributed by atoms with Gasteiger partial charge in [0.25, 0.3) is 5.89 Å². The van der Waals surface area contributed by atoms with E-state index in [2.05, 4.69) is 10.1 Å². The molecule has 0 aliphatic heterocycles. The zero-order valence-corrected chi connectivity index (χ0v) is 10.2. The third kappa shape index (κ3) is 2.77. The van der Waals surface area contributed by atoms with Crippen LogP contribution in [0.4, 0.5) is 14.5 Å². The number of aromatic nitrogens is 2. The zero-order chi connectivity index (χ0) is 14.7. The summed E-state index contributed by atoms with van der Waals surface area (Å²) < 4.78 is 32.0. The Morgan fingerprint density at radius 2 is 2.15 bits per heavy atom. The Labute approximate surface area is 111 Å². The van der Waals surface area contributed by atoms with E-state index in [1.807, 2.05) is 0 Å². The Bertz CT molecular complexity index is 645. The molecule has 0 bridgehead atoms. The highest BCUT2D eigenvalue weighted by Crippen LogP contribution is 2.29. The minimum atomic E-state index is -1.22. The van der Waals surface area contributed by atoms with Crippen LogP contribution in [0.5, 0.6) is 0 Å². The maximum atomic E-state index is 13.9. The lowest BCUT2D eigenvalue weighted by atomic mass is 10.1. The van der Waals surface area contributed by atoms with E-state index < -0.39 is 27.8 Å². The summed E-state index contributed by atoms with van der Waals surface area (Å²) in [6.45, 7) is 0.420. The van der Waals surface area contributed by atoms with Crippen molar-refractivity contribution < 1.29 is 18.2 Å². The molecule has 1 aromatic heterocycles. The van der Waals surface area contributed by atoms with E-state index in [4.69, 9.17) is 10.3 Å². The minimum Gasteiger partial charge on any atom is -0.334 e. The molecule has 9 heteroatoms. The van der Waals surface area contributed by atoms with Crippen LogP contribution in [0.1, 0.15) is 12.2 Å². The molecule has 1 aromatic carbocycles. The predicted octanol–water partition coefficient (Wildman–Crippen LogP) is 1.81. The van der Waals surface area contributed by atoms with E-state index in [-0.39, 0.29) is 11.7 Å². The molecular formula is C11H10F2N4O3. The van der Waals surface area contributed by atoms with Crippen molar-refractivity contribution in [3.8, 4) is 11.5 Å². The number of nitrogens with zero attached hydrogens (tertiary/aromatic N) is 3. The van der Waals surface area contributed by atoms with Crippen LogP contribution in [0.25, 0.3) is 11.5 Å². The van der Waals surface area contributed by atoms with Crippen molar-refractivity contribution in [2.75, 3.05) is 6.54 Å². The summed E-state index contributed by atoms with van der Waals surface area (Å²) in [4.78, 5) is 13.5. The van der Waals surface area contributed by atoms with Crippen LogP contribution < -0.4 is 5.73 Å². The summed E-state index contributed by atoms with van der Waals surface area (Å²) in [5, 5.41) is 14.2. The van der Waals surface area contributed by atoms with Gasteiger partial charge in [-0.2, -0.15) is 9.37 Å². The van der Waals surface area contributed by atoms with E-state index in [0.29, 0.717) is 25.5 Å². The molecule has 2 rings (SSSR count). The number of benzene rings is 1. The molecule has 2 aromatic rings. The van der Waals surface area contributed by atoms with Gasteiger partial charge >= 0.3 is 5.69 Å². The van der Waals surface area contributed by atoms with Gasteiger partial charge in [-0.1, -0.05) is 5.16 Å². The number of rotatable bonds is 5. The van der Waals surface area contributed by atoms with Crippen LogP contribution in [0.3, 0.4) is 0 Å². The van der Waals surface area contributed by atoms with Gasteiger partial charge in [0.05, 0.1) is 16.6 Å². The molecule has 0 radical (unpaired) electrons. The van der Waals surface area contributed by atoms with Gasteiger partial charge in [-0.05, 0) is 19.0 Å². The molecule has 0 spiro atoms. The van der Waals surface area contributed by atoms with Crippen LogP contribution in [0, 0.1) is 21.7 Å². The minimum absolute atomic E-state index is 0.275. The summed E-state index contributed by atoms with van der Waals surface area (Å²) in [7, 11) is 0. The SMILES string of the molecule is NCCCc1noc(-c2cc(F)cc([N+](=O)[O-])c2F)n1.